The summed E-state index contributed by atoms with van der Waals surface area (Å²) in [6, 6.07) is 5.30. The van der Waals surface area contributed by atoms with E-state index in [-0.39, 0.29) is 21.1 Å². The average Bonchev–Trinajstić information content (AvgIpc) is 2.13. The number of nitrogens with zero attached hydrogens (tertiary/aromatic N) is 1. The number of aromatic nitrogens is 1. The molecular formula is C10H4Cl2F3NO. The van der Waals surface area contributed by atoms with Crippen LogP contribution in [0.15, 0.2) is 24.3 Å². The molecule has 0 aliphatic heterocycles. The van der Waals surface area contributed by atoms with Crippen LogP contribution in [0.4, 0.5) is 13.2 Å². The first kappa shape index (κ1) is 12.3. The molecule has 1 aromatic heterocycles. The number of fused-ring (bicyclic) bond motifs is 1. The summed E-state index contributed by atoms with van der Waals surface area (Å²) in [4.78, 5) is 3.86. The highest BCUT2D eigenvalue weighted by Crippen LogP contribution is 2.35. The third-order valence-corrected chi connectivity index (χ3v) is 2.43. The smallest absolute Gasteiger partial charge is 0.405 e. The second kappa shape index (κ2) is 4.23. The van der Waals surface area contributed by atoms with Crippen molar-refractivity contribution in [1.82, 2.24) is 4.98 Å². The van der Waals surface area contributed by atoms with Gasteiger partial charge >= 0.3 is 6.36 Å². The van der Waals surface area contributed by atoms with Crippen LogP contribution in [0.25, 0.3) is 10.9 Å². The normalized spacial score (nSPS) is 11.8. The van der Waals surface area contributed by atoms with Gasteiger partial charge in [0.2, 0.25) is 0 Å². The van der Waals surface area contributed by atoms with E-state index in [0.717, 1.165) is 6.07 Å². The lowest BCUT2D eigenvalue weighted by atomic mass is 10.2. The van der Waals surface area contributed by atoms with Gasteiger partial charge in [-0.15, -0.1) is 13.2 Å². The third-order valence-electron chi connectivity index (χ3n) is 1.94. The van der Waals surface area contributed by atoms with Crippen molar-refractivity contribution in [3.05, 3.63) is 34.4 Å². The minimum Gasteiger partial charge on any atom is -0.405 e. The maximum Gasteiger partial charge on any atom is 0.573 e. The Bertz CT molecular complexity index is 571. The molecule has 0 fully saturated rings. The fourth-order valence-electron chi connectivity index (χ4n) is 1.39. The summed E-state index contributed by atoms with van der Waals surface area (Å²) in [5.41, 5.74) is 0.240. The number of rotatable bonds is 1. The van der Waals surface area contributed by atoms with Gasteiger partial charge in [0, 0.05) is 0 Å². The standard InChI is InChI=1S/C10H4Cl2F3NO/c11-5-4-8(12)16-6-2-1-3-7(9(5)6)17-10(13,14)15/h1-4H. The molecule has 0 saturated heterocycles. The van der Waals surface area contributed by atoms with Crippen LogP contribution < -0.4 is 4.74 Å². The largest absolute Gasteiger partial charge is 0.573 e. The number of benzene rings is 1. The Balaban J connectivity index is 2.65. The van der Waals surface area contributed by atoms with Crippen molar-refractivity contribution in [2.75, 3.05) is 0 Å². The highest BCUT2D eigenvalue weighted by Gasteiger charge is 2.32. The van der Waals surface area contributed by atoms with E-state index in [1.54, 1.807) is 0 Å². The van der Waals surface area contributed by atoms with Gasteiger partial charge < -0.3 is 4.74 Å². The van der Waals surface area contributed by atoms with Crippen LogP contribution in [0.1, 0.15) is 0 Å². The predicted octanol–water partition coefficient (Wildman–Crippen LogP) is 4.44. The zero-order valence-electron chi connectivity index (χ0n) is 8.05. The molecule has 17 heavy (non-hydrogen) atoms. The molecule has 1 aromatic carbocycles. The number of alkyl halides is 3. The van der Waals surface area contributed by atoms with Crippen LogP contribution >= 0.6 is 23.2 Å². The summed E-state index contributed by atoms with van der Waals surface area (Å²) in [5.74, 6) is -0.399. The number of ether oxygens (including phenoxy) is 1. The lowest BCUT2D eigenvalue weighted by molar-refractivity contribution is -0.274. The SMILES string of the molecule is FC(F)(F)Oc1cccc2nc(Cl)cc(Cl)c12. The van der Waals surface area contributed by atoms with E-state index < -0.39 is 12.1 Å². The van der Waals surface area contributed by atoms with Crippen molar-refractivity contribution in [1.29, 1.82) is 0 Å². The molecule has 0 aliphatic carbocycles. The molecule has 0 unspecified atom stereocenters. The summed E-state index contributed by atoms with van der Waals surface area (Å²) >= 11 is 11.5. The summed E-state index contributed by atoms with van der Waals surface area (Å²) in [6.07, 6.45) is -4.78. The van der Waals surface area contributed by atoms with Gasteiger partial charge in [0.1, 0.15) is 10.9 Å². The Hall–Kier alpha value is -1.20. The Morgan fingerprint density at radius 1 is 1.18 bits per heavy atom. The monoisotopic (exact) mass is 281 g/mol. The highest BCUT2D eigenvalue weighted by atomic mass is 35.5. The lowest BCUT2D eigenvalue weighted by Gasteiger charge is -2.11. The summed E-state index contributed by atoms with van der Waals surface area (Å²) in [7, 11) is 0. The topological polar surface area (TPSA) is 22.1 Å². The summed E-state index contributed by atoms with van der Waals surface area (Å²) in [5, 5.41) is 0.238. The third kappa shape index (κ3) is 2.73. The highest BCUT2D eigenvalue weighted by molar-refractivity contribution is 6.38. The molecule has 0 atom stereocenters. The average molecular weight is 282 g/mol. The molecule has 0 spiro atoms. The summed E-state index contributed by atoms with van der Waals surface area (Å²) in [6.45, 7) is 0. The van der Waals surface area contributed by atoms with Crippen molar-refractivity contribution >= 4 is 34.1 Å². The summed E-state index contributed by atoms with van der Waals surface area (Å²) < 4.78 is 40.4. The second-order valence-electron chi connectivity index (χ2n) is 3.12. The number of hydrogen-bond donors (Lipinski definition) is 0. The number of hydrogen-bond acceptors (Lipinski definition) is 2. The molecule has 0 N–H and O–H groups in total. The van der Waals surface area contributed by atoms with Gasteiger partial charge in [-0.1, -0.05) is 29.3 Å². The van der Waals surface area contributed by atoms with E-state index in [1.165, 1.54) is 18.2 Å². The van der Waals surface area contributed by atoms with E-state index in [1.807, 2.05) is 0 Å². The van der Waals surface area contributed by atoms with Crippen molar-refractivity contribution in [3.63, 3.8) is 0 Å². The molecule has 0 radical (unpaired) electrons. The van der Waals surface area contributed by atoms with Gasteiger partial charge in [-0.25, -0.2) is 4.98 Å². The number of halogens is 5. The fraction of sp³-hybridized carbons (Fsp3) is 0.100. The molecule has 90 valence electrons. The van der Waals surface area contributed by atoms with Crippen LogP contribution in [0, 0.1) is 0 Å². The van der Waals surface area contributed by atoms with Crippen molar-refractivity contribution < 1.29 is 17.9 Å². The second-order valence-corrected chi connectivity index (χ2v) is 3.92. The van der Waals surface area contributed by atoms with Crippen molar-refractivity contribution in [2.45, 2.75) is 6.36 Å². The molecule has 2 rings (SSSR count). The molecule has 0 aliphatic rings. The molecule has 7 heteroatoms. The molecule has 2 aromatic rings. The lowest BCUT2D eigenvalue weighted by Crippen LogP contribution is -2.17. The predicted molar refractivity (Wildman–Crippen MR) is 58.4 cm³/mol. The first-order chi connectivity index (χ1) is 7.87. The minimum absolute atomic E-state index is 0.0554. The maximum absolute atomic E-state index is 12.2. The Kier molecular flexibility index (Phi) is 3.05. The number of pyridine rings is 1. The van der Waals surface area contributed by atoms with E-state index in [2.05, 4.69) is 9.72 Å². The van der Waals surface area contributed by atoms with E-state index >= 15 is 0 Å². The van der Waals surface area contributed by atoms with Crippen LogP contribution in [0.5, 0.6) is 5.75 Å². The van der Waals surface area contributed by atoms with E-state index in [4.69, 9.17) is 23.2 Å². The molecular weight excluding hydrogens is 278 g/mol. The van der Waals surface area contributed by atoms with Gasteiger partial charge in [-0.2, -0.15) is 0 Å². The van der Waals surface area contributed by atoms with Gasteiger partial charge in [0.05, 0.1) is 15.9 Å². The van der Waals surface area contributed by atoms with Gasteiger partial charge in [-0.3, -0.25) is 0 Å². The Labute approximate surface area is 104 Å². The van der Waals surface area contributed by atoms with Crippen LogP contribution in [-0.4, -0.2) is 11.3 Å². The van der Waals surface area contributed by atoms with Gasteiger partial charge in [0.25, 0.3) is 0 Å². The van der Waals surface area contributed by atoms with Crippen molar-refractivity contribution in [3.8, 4) is 5.75 Å². The quantitative estimate of drug-likeness (QED) is 0.721. The van der Waals surface area contributed by atoms with E-state index in [0.29, 0.717) is 0 Å². The first-order valence-corrected chi connectivity index (χ1v) is 5.13. The Morgan fingerprint density at radius 3 is 2.53 bits per heavy atom. The molecule has 0 saturated carbocycles. The van der Waals surface area contributed by atoms with Crippen LogP contribution in [0.2, 0.25) is 10.2 Å². The van der Waals surface area contributed by atoms with E-state index in [9.17, 15) is 13.2 Å². The minimum atomic E-state index is -4.78. The first-order valence-electron chi connectivity index (χ1n) is 4.37. The van der Waals surface area contributed by atoms with Gasteiger partial charge in [0.15, 0.2) is 0 Å². The molecule has 2 nitrogen and oxygen atoms in total. The van der Waals surface area contributed by atoms with Crippen LogP contribution in [0.3, 0.4) is 0 Å². The zero-order valence-corrected chi connectivity index (χ0v) is 9.57. The maximum atomic E-state index is 12.2. The molecule has 1 heterocycles. The molecule has 0 bridgehead atoms. The van der Waals surface area contributed by atoms with Crippen LogP contribution in [-0.2, 0) is 0 Å². The molecule has 0 amide bonds. The Morgan fingerprint density at radius 2 is 1.88 bits per heavy atom. The fourth-order valence-corrected chi connectivity index (χ4v) is 1.94. The van der Waals surface area contributed by atoms with Crippen molar-refractivity contribution in [2.24, 2.45) is 0 Å². The van der Waals surface area contributed by atoms with Gasteiger partial charge in [-0.05, 0) is 18.2 Å². The zero-order chi connectivity index (χ0) is 12.6.